The van der Waals surface area contributed by atoms with E-state index in [0.717, 1.165) is 0 Å². The second kappa shape index (κ2) is 7.96. The molecule has 25 heavy (non-hydrogen) atoms. The molecular formula is C18H18N2O5. The number of hydrogen-bond donors (Lipinski definition) is 1. The number of hydrogen-bond acceptors (Lipinski definition) is 6. The molecule has 0 radical (unpaired) electrons. The molecule has 0 aliphatic heterocycles. The van der Waals surface area contributed by atoms with Crippen LogP contribution < -0.4 is 10.9 Å². The Labute approximate surface area is 144 Å². The summed E-state index contributed by atoms with van der Waals surface area (Å²) in [6, 6.07) is 9.62. The van der Waals surface area contributed by atoms with Gasteiger partial charge in [-0.15, -0.1) is 0 Å². The van der Waals surface area contributed by atoms with Gasteiger partial charge in [-0.05, 0) is 24.3 Å². The van der Waals surface area contributed by atoms with E-state index >= 15 is 0 Å². The molecule has 0 spiro atoms. The molecular weight excluding hydrogens is 324 g/mol. The first-order valence-electron chi connectivity index (χ1n) is 7.40. The minimum atomic E-state index is -0.768. The van der Waals surface area contributed by atoms with Gasteiger partial charge in [-0.2, -0.15) is 0 Å². The van der Waals surface area contributed by atoms with Crippen LogP contribution in [0.2, 0.25) is 0 Å². The van der Waals surface area contributed by atoms with Gasteiger partial charge in [0.1, 0.15) is 17.0 Å². The van der Waals surface area contributed by atoms with Crippen LogP contribution in [0.1, 0.15) is 26.5 Å². The predicted octanol–water partition coefficient (Wildman–Crippen LogP) is 2.21. The molecule has 1 heterocycles. The van der Waals surface area contributed by atoms with Crippen LogP contribution in [0.5, 0.6) is 0 Å². The quantitative estimate of drug-likeness (QED) is 0.838. The summed E-state index contributed by atoms with van der Waals surface area (Å²) in [6.45, 7) is 0. The van der Waals surface area contributed by atoms with Crippen molar-refractivity contribution >= 4 is 23.6 Å². The average Bonchev–Trinajstić information content (AvgIpc) is 2.61. The van der Waals surface area contributed by atoms with Crippen molar-refractivity contribution < 1.29 is 18.7 Å². The molecule has 7 nitrogen and oxygen atoms in total. The standard InChI is InChI=1S/C18H18N2O5/c1-20(2)10-9-15-13(17(22)24-3)11-14(18(23)25-15)19-16(21)12-7-5-4-6-8-12/h4-11H,1-3H3,(H,19,21). The molecule has 7 heteroatoms. The predicted molar refractivity (Wildman–Crippen MR) is 93.4 cm³/mol. The highest BCUT2D eigenvalue weighted by atomic mass is 16.5. The third-order valence-corrected chi connectivity index (χ3v) is 3.19. The number of carbonyl (C=O) groups is 2. The number of methoxy groups -OCH3 is 1. The molecule has 1 aromatic carbocycles. The molecule has 0 saturated carbocycles. The van der Waals surface area contributed by atoms with Gasteiger partial charge < -0.3 is 19.4 Å². The first kappa shape index (κ1) is 18.0. The number of carbonyl (C=O) groups excluding carboxylic acids is 2. The van der Waals surface area contributed by atoms with Crippen LogP contribution in [0, 0.1) is 0 Å². The van der Waals surface area contributed by atoms with E-state index in [4.69, 9.17) is 9.15 Å². The summed E-state index contributed by atoms with van der Waals surface area (Å²) in [4.78, 5) is 38.0. The monoisotopic (exact) mass is 342 g/mol. The first-order chi connectivity index (χ1) is 11.9. The van der Waals surface area contributed by atoms with E-state index in [9.17, 15) is 14.4 Å². The summed E-state index contributed by atoms with van der Waals surface area (Å²) >= 11 is 0. The minimum Gasteiger partial charge on any atom is -0.465 e. The van der Waals surface area contributed by atoms with E-state index in [1.54, 1.807) is 55.5 Å². The van der Waals surface area contributed by atoms with Gasteiger partial charge in [-0.1, -0.05) is 18.2 Å². The van der Waals surface area contributed by atoms with Crippen molar-refractivity contribution in [2.75, 3.05) is 26.5 Å². The van der Waals surface area contributed by atoms with E-state index in [1.165, 1.54) is 19.3 Å². The minimum absolute atomic E-state index is 0.0311. The number of nitrogens with one attached hydrogen (secondary N) is 1. The Morgan fingerprint density at radius 3 is 2.48 bits per heavy atom. The molecule has 0 atom stereocenters. The van der Waals surface area contributed by atoms with Gasteiger partial charge in [0.15, 0.2) is 0 Å². The molecule has 1 aromatic heterocycles. The van der Waals surface area contributed by atoms with E-state index in [1.807, 2.05) is 0 Å². The van der Waals surface area contributed by atoms with Crippen LogP contribution in [0.25, 0.3) is 6.08 Å². The van der Waals surface area contributed by atoms with Crippen LogP contribution >= 0.6 is 0 Å². The topological polar surface area (TPSA) is 88.8 Å². The molecule has 130 valence electrons. The molecule has 0 aliphatic carbocycles. The highest BCUT2D eigenvalue weighted by Crippen LogP contribution is 2.16. The lowest BCUT2D eigenvalue weighted by molar-refractivity contribution is 0.0597. The second-order valence-corrected chi connectivity index (χ2v) is 5.32. The van der Waals surface area contributed by atoms with Gasteiger partial charge in [0.05, 0.1) is 7.11 Å². The van der Waals surface area contributed by atoms with Crippen molar-refractivity contribution in [1.82, 2.24) is 4.90 Å². The van der Waals surface area contributed by atoms with Crippen LogP contribution in [-0.4, -0.2) is 38.0 Å². The summed E-state index contributed by atoms with van der Waals surface area (Å²) in [6.07, 6.45) is 3.09. The lowest BCUT2D eigenvalue weighted by Crippen LogP contribution is -2.20. The molecule has 2 rings (SSSR count). The maximum Gasteiger partial charge on any atom is 0.360 e. The number of anilines is 1. The van der Waals surface area contributed by atoms with Gasteiger partial charge in [-0.25, -0.2) is 9.59 Å². The van der Waals surface area contributed by atoms with Crippen molar-refractivity contribution in [3.8, 4) is 0 Å². The molecule has 0 saturated heterocycles. The number of rotatable bonds is 5. The molecule has 0 fully saturated rings. The smallest absolute Gasteiger partial charge is 0.360 e. The van der Waals surface area contributed by atoms with Crippen LogP contribution in [0.15, 0.2) is 51.8 Å². The fourth-order valence-electron chi connectivity index (χ4n) is 1.97. The number of amides is 1. The van der Waals surface area contributed by atoms with Crippen molar-refractivity contribution in [3.63, 3.8) is 0 Å². The summed E-state index contributed by atoms with van der Waals surface area (Å²) < 4.78 is 9.87. The maximum atomic E-state index is 12.2. The second-order valence-electron chi connectivity index (χ2n) is 5.32. The Morgan fingerprint density at radius 1 is 1.20 bits per heavy atom. The average molecular weight is 342 g/mol. The number of esters is 1. The number of benzene rings is 1. The Bertz CT molecular complexity index is 854. The summed E-state index contributed by atoms with van der Waals surface area (Å²) in [5.41, 5.74) is -0.506. The highest BCUT2D eigenvalue weighted by Gasteiger charge is 2.18. The largest absolute Gasteiger partial charge is 0.465 e. The van der Waals surface area contributed by atoms with Crippen LogP contribution in [0.4, 0.5) is 5.69 Å². The normalized spacial score (nSPS) is 10.5. The molecule has 0 bridgehead atoms. The van der Waals surface area contributed by atoms with Gasteiger partial charge >= 0.3 is 11.6 Å². The molecule has 0 aliphatic rings. The number of ether oxygens (including phenoxy) is 1. The van der Waals surface area contributed by atoms with Crippen molar-refractivity contribution in [3.05, 3.63) is 69.9 Å². The van der Waals surface area contributed by atoms with Crippen molar-refractivity contribution in [2.24, 2.45) is 0 Å². The van der Waals surface area contributed by atoms with E-state index in [0.29, 0.717) is 5.56 Å². The molecule has 1 N–H and O–H groups in total. The third kappa shape index (κ3) is 4.57. The first-order valence-corrected chi connectivity index (χ1v) is 7.40. The maximum absolute atomic E-state index is 12.2. The van der Waals surface area contributed by atoms with Crippen molar-refractivity contribution in [1.29, 1.82) is 0 Å². The van der Waals surface area contributed by atoms with Gasteiger partial charge in [0.2, 0.25) is 0 Å². The molecule has 0 unspecified atom stereocenters. The highest BCUT2D eigenvalue weighted by molar-refractivity contribution is 6.04. The summed E-state index contributed by atoms with van der Waals surface area (Å²) in [7, 11) is 4.77. The lowest BCUT2D eigenvalue weighted by atomic mass is 10.2. The molecule has 2 aromatic rings. The fraction of sp³-hybridized carbons (Fsp3) is 0.167. The van der Waals surface area contributed by atoms with Gasteiger partial charge in [0.25, 0.3) is 5.91 Å². The van der Waals surface area contributed by atoms with Gasteiger partial charge in [-0.3, -0.25) is 4.79 Å². The molecule has 1 amide bonds. The van der Waals surface area contributed by atoms with E-state index in [2.05, 4.69) is 5.32 Å². The Kier molecular flexibility index (Phi) is 5.73. The SMILES string of the molecule is COC(=O)c1cc(NC(=O)c2ccccc2)c(=O)oc1C=CN(C)C. The lowest BCUT2D eigenvalue weighted by Gasteiger charge is -2.09. The van der Waals surface area contributed by atoms with E-state index in [-0.39, 0.29) is 17.0 Å². The van der Waals surface area contributed by atoms with Crippen LogP contribution in [0.3, 0.4) is 0 Å². The zero-order valence-electron chi connectivity index (χ0n) is 14.1. The summed E-state index contributed by atoms with van der Waals surface area (Å²) in [5.74, 6) is -1.12. The van der Waals surface area contributed by atoms with Crippen molar-refractivity contribution in [2.45, 2.75) is 0 Å². The zero-order chi connectivity index (χ0) is 18.4. The van der Waals surface area contributed by atoms with Gasteiger partial charge in [0, 0.05) is 25.9 Å². The van der Waals surface area contributed by atoms with Crippen LogP contribution in [-0.2, 0) is 4.74 Å². The zero-order valence-corrected chi connectivity index (χ0v) is 14.1. The Balaban J connectivity index is 2.41. The Hall–Kier alpha value is -3.35. The van der Waals surface area contributed by atoms with E-state index < -0.39 is 17.5 Å². The third-order valence-electron chi connectivity index (χ3n) is 3.19. The Morgan fingerprint density at radius 2 is 1.88 bits per heavy atom. The fourth-order valence-corrected chi connectivity index (χ4v) is 1.97. The number of nitrogens with zero attached hydrogens (tertiary/aromatic N) is 1. The summed E-state index contributed by atoms with van der Waals surface area (Å²) in [5, 5.41) is 2.45.